The van der Waals surface area contributed by atoms with Crippen molar-refractivity contribution >= 4 is 0 Å². The maximum atomic E-state index is 6.16. The maximum Gasteiger partial charge on any atom is 0.120 e. The van der Waals surface area contributed by atoms with E-state index < -0.39 is 0 Å². The molecule has 0 heterocycles. The Bertz CT molecular complexity index is 648. The summed E-state index contributed by atoms with van der Waals surface area (Å²) in [4.78, 5) is 0. The average molecular weight is 281 g/mol. The van der Waals surface area contributed by atoms with Gasteiger partial charge in [0.2, 0.25) is 0 Å². The predicted molar refractivity (Wildman–Crippen MR) is 86.6 cm³/mol. The van der Waals surface area contributed by atoms with Crippen LogP contribution < -0.4 is 10.5 Å². The van der Waals surface area contributed by atoms with E-state index >= 15 is 0 Å². The van der Waals surface area contributed by atoms with Gasteiger partial charge in [0, 0.05) is 6.04 Å². The normalized spacial score (nSPS) is 17.4. The lowest BCUT2D eigenvalue weighted by molar-refractivity contribution is 0.304. The second-order valence-electron chi connectivity index (χ2n) is 6.08. The van der Waals surface area contributed by atoms with E-state index in [1.54, 1.807) is 0 Å². The summed E-state index contributed by atoms with van der Waals surface area (Å²) in [5.41, 5.74) is 12.6. The molecule has 1 aliphatic carbocycles. The molecular weight excluding hydrogens is 258 g/mol. The largest absolute Gasteiger partial charge is 0.489 e. The number of ether oxygens (including phenoxy) is 1. The van der Waals surface area contributed by atoms with Gasteiger partial charge in [-0.1, -0.05) is 29.8 Å². The summed E-state index contributed by atoms with van der Waals surface area (Å²) in [5, 5.41) is 0. The van der Waals surface area contributed by atoms with Gasteiger partial charge in [-0.05, 0) is 67.5 Å². The Morgan fingerprint density at radius 1 is 1.14 bits per heavy atom. The first kappa shape index (κ1) is 14.2. The average Bonchev–Trinajstić information content (AvgIpc) is 2.48. The number of aryl methyl sites for hydroxylation is 3. The van der Waals surface area contributed by atoms with Crippen molar-refractivity contribution in [3.05, 3.63) is 64.2 Å². The highest BCUT2D eigenvalue weighted by Crippen LogP contribution is 2.30. The van der Waals surface area contributed by atoms with Crippen LogP contribution in [-0.2, 0) is 13.0 Å². The van der Waals surface area contributed by atoms with Crippen molar-refractivity contribution < 1.29 is 4.74 Å². The van der Waals surface area contributed by atoms with Crippen LogP contribution in [0.4, 0.5) is 0 Å². The monoisotopic (exact) mass is 281 g/mol. The zero-order valence-corrected chi connectivity index (χ0v) is 12.9. The van der Waals surface area contributed by atoms with Crippen LogP contribution in [0.5, 0.6) is 5.75 Å². The molecule has 1 unspecified atom stereocenters. The number of rotatable bonds is 3. The summed E-state index contributed by atoms with van der Waals surface area (Å²) < 4.78 is 5.99. The Morgan fingerprint density at radius 2 is 2.00 bits per heavy atom. The third-order valence-electron chi connectivity index (χ3n) is 4.37. The summed E-state index contributed by atoms with van der Waals surface area (Å²) in [6.45, 7) is 4.87. The van der Waals surface area contributed by atoms with Gasteiger partial charge in [0.1, 0.15) is 12.4 Å². The summed E-state index contributed by atoms with van der Waals surface area (Å²) in [6, 6.07) is 13.0. The molecule has 0 radical (unpaired) electrons. The SMILES string of the molecule is Cc1ccc(C)c(COc2ccc3c(c2)CCCC3N)c1. The zero-order chi connectivity index (χ0) is 14.8. The van der Waals surface area contributed by atoms with Crippen molar-refractivity contribution in [2.24, 2.45) is 5.73 Å². The van der Waals surface area contributed by atoms with E-state index in [4.69, 9.17) is 10.5 Å². The molecule has 0 aliphatic heterocycles. The lowest BCUT2D eigenvalue weighted by Gasteiger charge is -2.22. The highest BCUT2D eigenvalue weighted by molar-refractivity contribution is 5.39. The Balaban J connectivity index is 1.75. The lowest BCUT2D eigenvalue weighted by atomic mass is 9.88. The maximum absolute atomic E-state index is 6.16. The molecule has 2 nitrogen and oxygen atoms in total. The Morgan fingerprint density at radius 3 is 2.86 bits per heavy atom. The molecule has 21 heavy (non-hydrogen) atoms. The molecular formula is C19H23NO. The van der Waals surface area contributed by atoms with Crippen molar-refractivity contribution in [1.82, 2.24) is 0 Å². The molecule has 0 bridgehead atoms. The molecule has 0 spiro atoms. The molecule has 110 valence electrons. The van der Waals surface area contributed by atoms with Gasteiger partial charge in [0.15, 0.2) is 0 Å². The van der Waals surface area contributed by atoms with E-state index in [1.807, 2.05) is 0 Å². The van der Waals surface area contributed by atoms with Gasteiger partial charge in [-0.3, -0.25) is 0 Å². The molecule has 1 atom stereocenters. The minimum absolute atomic E-state index is 0.196. The van der Waals surface area contributed by atoms with E-state index in [0.717, 1.165) is 18.6 Å². The summed E-state index contributed by atoms with van der Waals surface area (Å²) in [5.74, 6) is 0.948. The molecule has 2 N–H and O–H groups in total. The summed E-state index contributed by atoms with van der Waals surface area (Å²) in [7, 11) is 0. The van der Waals surface area contributed by atoms with Crippen LogP contribution in [0.25, 0.3) is 0 Å². The Kier molecular flexibility index (Phi) is 3.98. The molecule has 2 aromatic carbocycles. The van der Waals surface area contributed by atoms with E-state index in [9.17, 15) is 0 Å². The third kappa shape index (κ3) is 3.11. The van der Waals surface area contributed by atoms with Crippen LogP contribution in [0.2, 0.25) is 0 Å². The lowest BCUT2D eigenvalue weighted by Crippen LogP contribution is -2.17. The minimum Gasteiger partial charge on any atom is -0.489 e. The van der Waals surface area contributed by atoms with Crippen LogP contribution in [0.15, 0.2) is 36.4 Å². The number of hydrogen-bond acceptors (Lipinski definition) is 2. The fourth-order valence-electron chi connectivity index (χ4n) is 3.03. The van der Waals surface area contributed by atoms with Gasteiger partial charge < -0.3 is 10.5 Å². The second-order valence-corrected chi connectivity index (χ2v) is 6.08. The molecule has 2 aromatic rings. The fourth-order valence-corrected chi connectivity index (χ4v) is 3.03. The van der Waals surface area contributed by atoms with Crippen LogP contribution in [0, 0.1) is 13.8 Å². The third-order valence-corrected chi connectivity index (χ3v) is 4.37. The van der Waals surface area contributed by atoms with Crippen LogP contribution in [-0.4, -0.2) is 0 Å². The van der Waals surface area contributed by atoms with Crippen LogP contribution in [0.1, 0.15) is 46.7 Å². The van der Waals surface area contributed by atoms with Gasteiger partial charge in [0.05, 0.1) is 0 Å². The van der Waals surface area contributed by atoms with E-state index in [-0.39, 0.29) is 6.04 Å². The first-order valence-corrected chi connectivity index (χ1v) is 7.71. The molecule has 1 aliphatic rings. The van der Waals surface area contributed by atoms with Gasteiger partial charge in [-0.15, -0.1) is 0 Å². The summed E-state index contributed by atoms with van der Waals surface area (Å²) >= 11 is 0. The van der Waals surface area contributed by atoms with Crippen molar-refractivity contribution in [2.75, 3.05) is 0 Å². The molecule has 0 saturated heterocycles. The number of fused-ring (bicyclic) bond motifs is 1. The molecule has 2 heteroatoms. The molecule has 0 fully saturated rings. The summed E-state index contributed by atoms with van der Waals surface area (Å²) in [6.07, 6.45) is 3.38. The number of nitrogens with two attached hydrogens (primary N) is 1. The molecule has 3 rings (SSSR count). The number of benzene rings is 2. The van der Waals surface area contributed by atoms with E-state index in [2.05, 4.69) is 50.2 Å². The van der Waals surface area contributed by atoms with Gasteiger partial charge >= 0.3 is 0 Å². The standard InChI is InChI=1S/C19H23NO/c1-13-6-7-14(2)16(10-13)12-21-17-8-9-18-15(11-17)4-3-5-19(18)20/h6-11,19H,3-5,12,20H2,1-2H3. The van der Waals surface area contributed by atoms with Crippen LogP contribution in [0.3, 0.4) is 0 Å². The van der Waals surface area contributed by atoms with E-state index in [1.165, 1.54) is 34.2 Å². The number of hydrogen-bond donors (Lipinski definition) is 1. The van der Waals surface area contributed by atoms with Crippen molar-refractivity contribution in [3.8, 4) is 5.75 Å². The second kappa shape index (κ2) is 5.90. The first-order valence-electron chi connectivity index (χ1n) is 7.71. The highest BCUT2D eigenvalue weighted by Gasteiger charge is 2.17. The van der Waals surface area contributed by atoms with Gasteiger partial charge in [-0.2, -0.15) is 0 Å². The smallest absolute Gasteiger partial charge is 0.120 e. The highest BCUT2D eigenvalue weighted by atomic mass is 16.5. The Labute approximate surface area is 126 Å². The van der Waals surface area contributed by atoms with Gasteiger partial charge in [-0.25, -0.2) is 0 Å². The van der Waals surface area contributed by atoms with Crippen molar-refractivity contribution in [2.45, 2.75) is 45.8 Å². The molecule has 0 saturated carbocycles. The van der Waals surface area contributed by atoms with Gasteiger partial charge in [0.25, 0.3) is 0 Å². The first-order chi connectivity index (χ1) is 10.1. The van der Waals surface area contributed by atoms with Crippen LogP contribution >= 0.6 is 0 Å². The zero-order valence-electron chi connectivity index (χ0n) is 12.9. The van der Waals surface area contributed by atoms with E-state index in [0.29, 0.717) is 6.61 Å². The van der Waals surface area contributed by atoms with Crippen molar-refractivity contribution in [1.29, 1.82) is 0 Å². The Hall–Kier alpha value is -1.80. The predicted octanol–water partition coefficient (Wildman–Crippen LogP) is 4.22. The molecule has 0 amide bonds. The molecule has 0 aromatic heterocycles. The minimum atomic E-state index is 0.196. The fraction of sp³-hybridized carbons (Fsp3) is 0.368. The topological polar surface area (TPSA) is 35.2 Å². The quantitative estimate of drug-likeness (QED) is 0.914. The van der Waals surface area contributed by atoms with Crippen molar-refractivity contribution in [3.63, 3.8) is 0 Å².